The Bertz CT molecular complexity index is 940. The van der Waals surface area contributed by atoms with Crippen molar-refractivity contribution in [2.45, 2.75) is 38.7 Å². The molecule has 9 nitrogen and oxygen atoms in total. The Hall–Kier alpha value is -1.70. The Kier molecular flexibility index (Phi) is 10.4. The summed E-state index contributed by atoms with van der Waals surface area (Å²) in [6.07, 6.45) is 1.60. The molecule has 0 atom stereocenters. The molecular formula is C21H33IN6O3S. The minimum absolute atomic E-state index is 0. The molecule has 2 N–H and O–H groups in total. The highest BCUT2D eigenvalue weighted by Gasteiger charge is 2.20. The second kappa shape index (κ2) is 12.5. The number of nitrogens with zero attached hydrogens (tertiary/aromatic N) is 4. The van der Waals surface area contributed by atoms with Crippen molar-refractivity contribution in [3.05, 3.63) is 53.4 Å². The van der Waals surface area contributed by atoms with Crippen molar-refractivity contribution < 1.29 is 12.9 Å². The highest BCUT2D eigenvalue weighted by Crippen LogP contribution is 2.10. The Balaban J connectivity index is 0.00000363. The molecule has 2 heterocycles. The largest absolute Gasteiger partial charge is 0.364 e. The summed E-state index contributed by atoms with van der Waals surface area (Å²) in [5.41, 5.74) is 2.79. The topological polar surface area (TPSA) is 103 Å². The molecule has 0 radical (unpaired) electrons. The first-order valence-corrected chi connectivity index (χ1v) is 12.1. The van der Waals surface area contributed by atoms with Gasteiger partial charge in [0.2, 0.25) is 10.0 Å². The summed E-state index contributed by atoms with van der Waals surface area (Å²) < 4.78 is 31.7. The molecule has 2 aromatic rings. The molecule has 11 heteroatoms. The van der Waals surface area contributed by atoms with E-state index in [1.165, 1.54) is 0 Å². The second-order valence-electron chi connectivity index (χ2n) is 8.00. The Morgan fingerprint density at radius 3 is 2.34 bits per heavy atom. The quantitative estimate of drug-likeness (QED) is 0.282. The van der Waals surface area contributed by atoms with Gasteiger partial charge in [0, 0.05) is 58.4 Å². The second-order valence-corrected chi connectivity index (χ2v) is 9.76. The van der Waals surface area contributed by atoms with Gasteiger partial charge in [0.05, 0.1) is 11.4 Å². The molecular weight excluding hydrogens is 543 g/mol. The van der Waals surface area contributed by atoms with Crippen molar-refractivity contribution in [2.75, 3.05) is 33.2 Å². The van der Waals surface area contributed by atoms with Crippen LogP contribution in [-0.4, -0.2) is 68.6 Å². The molecule has 1 aliphatic heterocycles. The summed E-state index contributed by atoms with van der Waals surface area (Å²) >= 11 is 0. The van der Waals surface area contributed by atoms with Crippen LogP contribution in [0.25, 0.3) is 0 Å². The number of hydrogen-bond donors (Lipinski definition) is 2. The summed E-state index contributed by atoms with van der Waals surface area (Å²) in [7, 11) is -1.53. The predicted molar refractivity (Wildman–Crippen MR) is 136 cm³/mol. The molecule has 1 fully saturated rings. The maximum absolute atomic E-state index is 12.1. The highest BCUT2D eigenvalue weighted by molar-refractivity contribution is 14.0. The zero-order chi connectivity index (χ0) is 22.3. The SMILES string of the molecule is CN=C(NCc1ccc(CS(=O)(=O)NC(C)C)cc1)N1CCN(Cc2ccon2)CC1.I. The molecule has 0 spiro atoms. The van der Waals surface area contributed by atoms with Crippen LogP contribution in [0.1, 0.15) is 30.7 Å². The zero-order valence-corrected chi connectivity index (χ0v) is 22.0. The summed E-state index contributed by atoms with van der Waals surface area (Å²) in [4.78, 5) is 9.02. The molecule has 178 valence electrons. The normalized spacial score (nSPS) is 15.6. The number of sulfonamides is 1. The number of guanidine groups is 1. The number of nitrogens with one attached hydrogen (secondary N) is 2. The van der Waals surface area contributed by atoms with Gasteiger partial charge in [0.15, 0.2) is 5.96 Å². The summed E-state index contributed by atoms with van der Waals surface area (Å²) in [6.45, 7) is 8.69. The van der Waals surface area contributed by atoms with Gasteiger partial charge >= 0.3 is 0 Å². The Morgan fingerprint density at radius 2 is 1.78 bits per heavy atom. The number of rotatable bonds is 8. The number of hydrogen-bond acceptors (Lipinski definition) is 6. The number of halogens is 1. The van der Waals surface area contributed by atoms with Crippen molar-refractivity contribution in [3.63, 3.8) is 0 Å². The smallest absolute Gasteiger partial charge is 0.216 e. The fraction of sp³-hybridized carbons (Fsp3) is 0.524. The third-order valence-corrected chi connectivity index (χ3v) is 6.55. The third kappa shape index (κ3) is 8.34. The van der Waals surface area contributed by atoms with Crippen molar-refractivity contribution in [1.29, 1.82) is 0 Å². The van der Waals surface area contributed by atoms with E-state index in [4.69, 9.17) is 4.52 Å². The molecule has 0 saturated carbocycles. The van der Waals surface area contributed by atoms with Gasteiger partial charge in [-0.2, -0.15) is 0 Å². The summed E-state index contributed by atoms with van der Waals surface area (Å²) in [5.74, 6) is 0.855. The van der Waals surface area contributed by atoms with Gasteiger partial charge < -0.3 is 14.7 Å². The van der Waals surface area contributed by atoms with Gasteiger partial charge in [0.25, 0.3) is 0 Å². The Labute approximate surface area is 207 Å². The Morgan fingerprint density at radius 1 is 1.12 bits per heavy atom. The average molecular weight is 577 g/mol. The highest BCUT2D eigenvalue weighted by atomic mass is 127. The lowest BCUT2D eigenvalue weighted by Gasteiger charge is -2.36. The van der Waals surface area contributed by atoms with E-state index in [1.54, 1.807) is 13.3 Å². The van der Waals surface area contributed by atoms with Gasteiger partial charge in [-0.25, -0.2) is 13.1 Å². The van der Waals surface area contributed by atoms with Crippen LogP contribution in [0, 0.1) is 0 Å². The fourth-order valence-electron chi connectivity index (χ4n) is 3.55. The molecule has 3 rings (SSSR count). The fourth-order valence-corrected chi connectivity index (χ4v) is 4.99. The van der Waals surface area contributed by atoms with Crippen LogP contribution in [0.4, 0.5) is 0 Å². The monoisotopic (exact) mass is 576 g/mol. The van der Waals surface area contributed by atoms with Crippen LogP contribution in [-0.2, 0) is 28.9 Å². The van der Waals surface area contributed by atoms with E-state index in [0.717, 1.165) is 55.5 Å². The first-order valence-electron chi connectivity index (χ1n) is 10.5. The van der Waals surface area contributed by atoms with Crippen LogP contribution >= 0.6 is 24.0 Å². The molecule has 0 unspecified atom stereocenters. The molecule has 1 aromatic carbocycles. The number of aliphatic imine (C=N–C) groups is 1. The van der Waals surface area contributed by atoms with E-state index in [9.17, 15) is 8.42 Å². The van der Waals surface area contributed by atoms with Crippen molar-refractivity contribution in [1.82, 2.24) is 25.0 Å². The number of aromatic nitrogens is 1. The summed E-state index contributed by atoms with van der Waals surface area (Å²) in [6, 6.07) is 9.43. The maximum Gasteiger partial charge on any atom is 0.216 e. The molecule has 1 aliphatic rings. The van der Waals surface area contributed by atoms with E-state index in [1.807, 2.05) is 44.2 Å². The van der Waals surface area contributed by atoms with Crippen LogP contribution in [0.3, 0.4) is 0 Å². The molecule has 32 heavy (non-hydrogen) atoms. The van der Waals surface area contributed by atoms with Crippen LogP contribution in [0.2, 0.25) is 0 Å². The van der Waals surface area contributed by atoms with Crippen LogP contribution in [0.15, 0.2) is 46.1 Å². The van der Waals surface area contributed by atoms with E-state index in [0.29, 0.717) is 6.54 Å². The number of piperazine rings is 1. The lowest BCUT2D eigenvalue weighted by atomic mass is 10.1. The minimum Gasteiger partial charge on any atom is -0.364 e. The van der Waals surface area contributed by atoms with Gasteiger partial charge in [-0.05, 0) is 25.0 Å². The van der Waals surface area contributed by atoms with E-state index >= 15 is 0 Å². The van der Waals surface area contributed by atoms with E-state index in [2.05, 4.69) is 30.0 Å². The first kappa shape index (κ1) is 26.6. The zero-order valence-electron chi connectivity index (χ0n) is 18.8. The summed E-state index contributed by atoms with van der Waals surface area (Å²) in [5, 5.41) is 7.39. The molecule has 0 aliphatic carbocycles. The molecule has 1 saturated heterocycles. The van der Waals surface area contributed by atoms with E-state index < -0.39 is 10.0 Å². The molecule has 0 bridgehead atoms. The average Bonchev–Trinajstić information content (AvgIpc) is 3.22. The van der Waals surface area contributed by atoms with Crippen molar-refractivity contribution >= 4 is 40.0 Å². The lowest BCUT2D eigenvalue weighted by molar-refractivity contribution is 0.169. The van der Waals surface area contributed by atoms with E-state index in [-0.39, 0.29) is 35.8 Å². The molecule has 0 amide bonds. The maximum atomic E-state index is 12.1. The van der Waals surface area contributed by atoms with Gasteiger partial charge in [-0.3, -0.25) is 9.89 Å². The van der Waals surface area contributed by atoms with Gasteiger partial charge in [0.1, 0.15) is 6.26 Å². The predicted octanol–water partition coefficient (Wildman–Crippen LogP) is 2.01. The van der Waals surface area contributed by atoms with Crippen LogP contribution < -0.4 is 10.0 Å². The number of benzene rings is 1. The van der Waals surface area contributed by atoms with Crippen molar-refractivity contribution in [3.8, 4) is 0 Å². The van der Waals surface area contributed by atoms with Gasteiger partial charge in [-0.15, -0.1) is 24.0 Å². The third-order valence-electron chi connectivity index (χ3n) is 5.01. The molecule has 1 aromatic heterocycles. The van der Waals surface area contributed by atoms with Gasteiger partial charge in [-0.1, -0.05) is 29.4 Å². The lowest BCUT2D eigenvalue weighted by Crippen LogP contribution is -2.52. The minimum atomic E-state index is -3.32. The standard InChI is InChI=1S/C21H32N6O3S.HI/c1-17(2)25-31(28,29)16-19-6-4-18(5-7-19)14-23-21(22-3)27-11-9-26(10-12-27)15-20-8-13-30-24-20;/h4-8,13,17,25H,9-12,14-16H2,1-3H3,(H,22,23);1H. The first-order chi connectivity index (χ1) is 14.8. The van der Waals surface area contributed by atoms with Crippen LogP contribution in [0.5, 0.6) is 0 Å². The van der Waals surface area contributed by atoms with Crippen molar-refractivity contribution in [2.24, 2.45) is 4.99 Å².